The number of piperazine rings is 1. The standard InChI is InChI=1S/C16H26N4O/c1-4-7-18-15-11-17-8-6-14(15)16(21)20-10-9-19(3)13(5-2)12-20/h6,8,11,13,18H,4-5,7,9-10,12H2,1-3H3. The average molecular weight is 290 g/mol. The molecular formula is C16H26N4O. The Labute approximate surface area is 127 Å². The van der Waals surface area contributed by atoms with Crippen molar-refractivity contribution in [2.75, 3.05) is 38.5 Å². The van der Waals surface area contributed by atoms with Crippen LogP contribution in [-0.2, 0) is 0 Å². The van der Waals surface area contributed by atoms with E-state index in [0.717, 1.165) is 50.3 Å². The number of carbonyl (C=O) groups excluding carboxylic acids is 1. The van der Waals surface area contributed by atoms with Crippen LogP contribution in [0.15, 0.2) is 18.5 Å². The number of rotatable bonds is 5. The van der Waals surface area contributed by atoms with Crippen LogP contribution in [0.2, 0.25) is 0 Å². The van der Waals surface area contributed by atoms with Gasteiger partial charge < -0.3 is 10.2 Å². The number of nitrogens with one attached hydrogen (secondary N) is 1. The molecule has 2 rings (SSSR count). The van der Waals surface area contributed by atoms with E-state index >= 15 is 0 Å². The average Bonchev–Trinajstić information content (AvgIpc) is 2.53. The molecule has 0 aromatic carbocycles. The highest BCUT2D eigenvalue weighted by atomic mass is 16.2. The van der Waals surface area contributed by atoms with Gasteiger partial charge >= 0.3 is 0 Å². The van der Waals surface area contributed by atoms with Crippen molar-refractivity contribution in [1.29, 1.82) is 0 Å². The lowest BCUT2D eigenvalue weighted by molar-refractivity contribution is 0.0542. The number of aromatic nitrogens is 1. The fourth-order valence-electron chi connectivity index (χ4n) is 2.72. The second kappa shape index (κ2) is 7.41. The Hall–Kier alpha value is -1.62. The lowest BCUT2D eigenvalue weighted by atomic mass is 10.1. The Morgan fingerprint density at radius 1 is 1.43 bits per heavy atom. The first kappa shape index (κ1) is 15.8. The van der Waals surface area contributed by atoms with Crippen LogP contribution in [0.1, 0.15) is 37.0 Å². The van der Waals surface area contributed by atoms with Crippen molar-refractivity contribution in [3.63, 3.8) is 0 Å². The molecule has 0 saturated carbocycles. The summed E-state index contributed by atoms with van der Waals surface area (Å²) in [5.41, 5.74) is 1.58. The van der Waals surface area contributed by atoms with E-state index in [9.17, 15) is 4.79 Å². The van der Waals surface area contributed by atoms with Gasteiger partial charge in [-0.1, -0.05) is 13.8 Å². The Morgan fingerprint density at radius 3 is 2.95 bits per heavy atom. The molecule has 0 spiro atoms. The van der Waals surface area contributed by atoms with Gasteiger partial charge in [0.25, 0.3) is 5.91 Å². The summed E-state index contributed by atoms with van der Waals surface area (Å²) in [4.78, 5) is 21.2. The van der Waals surface area contributed by atoms with Crippen LogP contribution in [0, 0.1) is 0 Å². The van der Waals surface area contributed by atoms with Gasteiger partial charge in [-0.05, 0) is 26.0 Å². The molecule has 1 aliphatic heterocycles. The van der Waals surface area contributed by atoms with E-state index in [1.54, 1.807) is 12.4 Å². The predicted octanol–water partition coefficient (Wildman–Crippen LogP) is 2.07. The van der Waals surface area contributed by atoms with E-state index in [2.05, 4.69) is 36.1 Å². The zero-order valence-electron chi connectivity index (χ0n) is 13.3. The summed E-state index contributed by atoms with van der Waals surface area (Å²) in [5, 5.41) is 3.30. The first-order chi connectivity index (χ1) is 10.2. The largest absolute Gasteiger partial charge is 0.383 e. The van der Waals surface area contributed by atoms with Crippen LogP contribution in [0.3, 0.4) is 0 Å². The highest BCUT2D eigenvalue weighted by molar-refractivity contribution is 5.99. The zero-order valence-corrected chi connectivity index (χ0v) is 13.3. The van der Waals surface area contributed by atoms with Crippen LogP contribution in [0.4, 0.5) is 5.69 Å². The van der Waals surface area contributed by atoms with Crippen molar-refractivity contribution in [2.24, 2.45) is 0 Å². The van der Waals surface area contributed by atoms with Gasteiger partial charge in [0, 0.05) is 38.4 Å². The zero-order chi connectivity index (χ0) is 15.2. The van der Waals surface area contributed by atoms with E-state index in [-0.39, 0.29) is 5.91 Å². The first-order valence-corrected chi connectivity index (χ1v) is 7.84. The molecule has 5 nitrogen and oxygen atoms in total. The summed E-state index contributed by atoms with van der Waals surface area (Å²) < 4.78 is 0. The van der Waals surface area contributed by atoms with E-state index in [1.165, 1.54) is 0 Å². The van der Waals surface area contributed by atoms with Crippen LogP contribution in [-0.4, -0.2) is 60.0 Å². The van der Waals surface area contributed by atoms with Crippen molar-refractivity contribution in [3.05, 3.63) is 24.0 Å². The van der Waals surface area contributed by atoms with Gasteiger partial charge in [-0.25, -0.2) is 0 Å². The molecule has 5 heteroatoms. The van der Waals surface area contributed by atoms with Crippen molar-refractivity contribution in [2.45, 2.75) is 32.7 Å². The van der Waals surface area contributed by atoms with Gasteiger partial charge in [0.15, 0.2) is 0 Å². The number of carbonyl (C=O) groups is 1. The minimum atomic E-state index is 0.113. The first-order valence-electron chi connectivity index (χ1n) is 7.84. The van der Waals surface area contributed by atoms with E-state index in [4.69, 9.17) is 0 Å². The Balaban J connectivity index is 2.12. The van der Waals surface area contributed by atoms with Crippen LogP contribution < -0.4 is 5.32 Å². The minimum absolute atomic E-state index is 0.113. The molecule has 0 bridgehead atoms. The quantitative estimate of drug-likeness (QED) is 0.902. The van der Waals surface area contributed by atoms with Gasteiger partial charge in [0.2, 0.25) is 0 Å². The predicted molar refractivity (Wildman–Crippen MR) is 85.6 cm³/mol. The molecule has 0 radical (unpaired) electrons. The summed E-state index contributed by atoms with van der Waals surface area (Å²) in [7, 11) is 2.14. The summed E-state index contributed by atoms with van der Waals surface area (Å²) in [6.07, 6.45) is 5.53. The lowest BCUT2D eigenvalue weighted by Crippen LogP contribution is -2.53. The number of anilines is 1. The van der Waals surface area contributed by atoms with Gasteiger partial charge in [-0.3, -0.25) is 14.7 Å². The Morgan fingerprint density at radius 2 is 2.24 bits per heavy atom. The van der Waals surface area contributed by atoms with E-state index in [1.807, 2.05) is 11.0 Å². The SMILES string of the molecule is CCCNc1cnccc1C(=O)N1CCN(C)C(CC)C1. The van der Waals surface area contributed by atoms with Gasteiger partial charge in [0.1, 0.15) is 0 Å². The Bertz CT molecular complexity index is 477. The second-order valence-corrected chi connectivity index (χ2v) is 5.64. The van der Waals surface area contributed by atoms with Crippen LogP contribution in [0.25, 0.3) is 0 Å². The third-order valence-electron chi connectivity index (χ3n) is 4.15. The topological polar surface area (TPSA) is 48.5 Å². The van der Waals surface area contributed by atoms with Crippen molar-refractivity contribution >= 4 is 11.6 Å². The molecule has 1 fully saturated rings. The highest BCUT2D eigenvalue weighted by Crippen LogP contribution is 2.19. The summed E-state index contributed by atoms with van der Waals surface area (Å²) in [6.45, 7) is 7.68. The molecule has 1 amide bonds. The molecular weight excluding hydrogens is 264 g/mol. The normalized spacial score (nSPS) is 19.6. The van der Waals surface area contributed by atoms with Gasteiger partial charge in [-0.2, -0.15) is 0 Å². The van der Waals surface area contributed by atoms with Gasteiger partial charge in [-0.15, -0.1) is 0 Å². The molecule has 21 heavy (non-hydrogen) atoms. The van der Waals surface area contributed by atoms with E-state index in [0.29, 0.717) is 6.04 Å². The minimum Gasteiger partial charge on any atom is -0.383 e. The number of amides is 1. The molecule has 116 valence electrons. The molecule has 0 aliphatic carbocycles. The van der Waals surface area contributed by atoms with E-state index < -0.39 is 0 Å². The molecule has 1 unspecified atom stereocenters. The highest BCUT2D eigenvalue weighted by Gasteiger charge is 2.27. The molecule has 1 atom stereocenters. The molecule has 1 aromatic heterocycles. The number of hydrogen-bond donors (Lipinski definition) is 1. The molecule has 1 N–H and O–H groups in total. The van der Waals surface area contributed by atoms with Crippen molar-refractivity contribution in [1.82, 2.24) is 14.8 Å². The summed E-state index contributed by atoms with van der Waals surface area (Å²) in [6, 6.07) is 2.27. The second-order valence-electron chi connectivity index (χ2n) is 5.64. The number of likely N-dealkylation sites (N-methyl/N-ethyl adjacent to an activating group) is 1. The monoisotopic (exact) mass is 290 g/mol. The van der Waals surface area contributed by atoms with Gasteiger partial charge in [0.05, 0.1) is 17.4 Å². The molecule has 1 aromatic rings. The molecule has 2 heterocycles. The van der Waals surface area contributed by atoms with Crippen LogP contribution >= 0.6 is 0 Å². The third kappa shape index (κ3) is 3.73. The van der Waals surface area contributed by atoms with Crippen LogP contribution in [0.5, 0.6) is 0 Å². The summed E-state index contributed by atoms with van der Waals surface area (Å²) in [5.74, 6) is 0.113. The number of hydrogen-bond acceptors (Lipinski definition) is 4. The smallest absolute Gasteiger partial charge is 0.256 e. The maximum absolute atomic E-state index is 12.8. The lowest BCUT2D eigenvalue weighted by Gasteiger charge is -2.39. The maximum Gasteiger partial charge on any atom is 0.256 e. The molecule has 1 aliphatic rings. The molecule has 1 saturated heterocycles. The number of nitrogens with zero attached hydrogens (tertiary/aromatic N) is 3. The fourth-order valence-corrected chi connectivity index (χ4v) is 2.72. The van der Waals surface area contributed by atoms with Crippen molar-refractivity contribution in [3.8, 4) is 0 Å². The third-order valence-corrected chi connectivity index (χ3v) is 4.15. The Kier molecular flexibility index (Phi) is 5.56. The van der Waals surface area contributed by atoms with Crippen molar-refractivity contribution < 1.29 is 4.79 Å². The fraction of sp³-hybridized carbons (Fsp3) is 0.625. The maximum atomic E-state index is 12.8. The number of pyridine rings is 1. The summed E-state index contributed by atoms with van der Waals surface area (Å²) >= 11 is 0.